The lowest BCUT2D eigenvalue weighted by Gasteiger charge is -2.24. The van der Waals surface area contributed by atoms with Gasteiger partial charge in [-0.05, 0) is 24.8 Å². The lowest BCUT2D eigenvalue weighted by atomic mass is 9.86. The van der Waals surface area contributed by atoms with Crippen molar-refractivity contribution in [1.29, 1.82) is 0 Å². The van der Waals surface area contributed by atoms with Crippen molar-refractivity contribution >= 4 is 5.69 Å². The van der Waals surface area contributed by atoms with Crippen molar-refractivity contribution in [2.45, 2.75) is 25.3 Å². The van der Waals surface area contributed by atoms with Crippen LogP contribution in [-0.2, 0) is 6.42 Å². The maximum absolute atomic E-state index is 13.5. The van der Waals surface area contributed by atoms with Gasteiger partial charge in [-0.1, -0.05) is 0 Å². The maximum atomic E-state index is 13.5. The highest BCUT2D eigenvalue weighted by Gasteiger charge is 2.24. The number of phenols is 1. The summed E-state index contributed by atoms with van der Waals surface area (Å²) in [5.41, 5.74) is 12.9. The number of phenolic OH excluding ortho intramolecular Hbond substituents is 1. The summed E-state index contributed by atoms with van der Waals surface area (Å²) in [6, 6.07) is 0.751. The van der Waals surface area contributed by atoms with Crippen LogP contribution in [0.5, 0.6) is 5.75 Å². The van der Waals surface area contributed by atoms with Gasteiger partial charge in [0.25, 0.3) is 0 Å². The van der Waals surface area contributed by atoms with Gasteiger partial charge in [-0.15, -0.1) is 0 Å². The largest absolute Gasteiger partial charge is 0.506 e. The number of hydrogen-bond donors (Lipinski definition) is 3. The van der Waals surface area contributed by atoms with Gasteiger partial charge in [-0.25, -0.2) is 4.39 Å². The Labute approximate surface area is 81.5 Å². The smallest absolute Gasteiger partial charge is 0.141 e. The molecule has 0 heterocycles. The topological polar surface area (TPSA) is 72.3 Å². The van der Waals surface area contributed by atoms with E-state index in [1.165, 1.54) is 0 Å². The third kappa shape index (κ3) is 1.23. The molecule has 2 rings (SSSR count). The summed E-state index contributed by atoms with van der Waals surface area (Å²) in [5, 5.41) is 9.34. The second-order valence-electron chi connectivity index (χ2n) is 3.68. The van der Waals surface area contributed by atoms with Gasteiger partial charge in [0.15, 0.2) is 0 Å². The van der Waals surface area contributed by atoms with E-state index in [4.69, 9.17) is 11.5 Å². The molecule has 0 unspecified atom stereocenters. The molecular weight excluding hydrogens is 183 g/mol. The minimum atomic E-state index is -0.445. The third-order valence-electron chi connectivity index (χ3n) is 2.76. The van der Waals surface area contributed by atoms with Gasteiger partial charge in [-0.3, -0.25) is 0 Å². The van der Waals surface area contributed by atoms with Crippen LogP contribution >= 0.6 is 0 Å². The number of halogens is 1. The molecule has 0 bridgehead atoms. The quantitative estimate of drug-likeness (QED) is 0.434. The van der Waals surface area contributed by atoms with E-state index >= 15 is 0 Å². The first-order chi connectivity index (χ1) is 6.61. The van der Waals surface area contributed by atoms with Gasteiger partial charge >= 0.3 is 0 Å². The summed E-state index contributed by atoms with van der Waals surface area (Å²) in [6.07, 6.45) is 2.36. The molecule has 76 valence electrons. The highest BCUT2D eigenvalue weighted by atomic mass is 19.1. The van der Waals surface area contributed by atoms with Crippen LogP contribution in [0.15, 0.2) is 6.07 Å². The van der Waals surface area contributed by atoms with Gasteiger partial charge in [0.05, 0.1) is 5.69 Å². The van der Waals surface area contributed by atoms with Crippen LogP contribution in [0.4, 0.5) is 10.1 Å². The van der Waals surface area contributed by atoms with Crippen molar-refractivity contribution in [3.63, 3.8) is 0 Å². The fourth-order valence-corrected chi connectivity index (χ4v) is 2.03. The molecule has 0 radical (unpaired) electrons. The number of nitrogens with two attached hydrogens (primary N) is 2. The van der Waals surface area contributed by atoms with Crippen LogP contribution in [-0.4, -0.2) is 5.11 Å². The molecule has 4 heteroatoms. The Hall–Kier alpha value is -1.29. The van der Waals surface area contributed by atoms with E-state index in [1.807, 2.05) is 0 Å². The van der Waals surface area contributed by atoms with Crippen LogP contribution in [0.3, 0.4) is 0 Å². The normalized spacial score (nSPS) is 20.6. The molecule has 1 aliphatic carbocycles. The number of fused-ring (bicyclic) bond motifs is 1. The summed E-state index contributed by atoms with van der Waals surface area (Å²) in [7, 11) is 0. The van der Waals surface area contributed by atoms with Crippen LogP contribution < -0.4 is 11.5 Å². The molecule has 0 aliphatic heterocycles. The van der Waals surface area contributed by atoms with Crippen molar-refractivity contribution in [3.8, 4) is 5.75 Å². The van der Waals surface area contributed by atoms with Crippen molar-refractivity contribution < 1.29 is 9.50 Å². The lowest BCUT2D eigenvalue weighted by Crippen LogP contribution is -2.20. The summed E-state index contributed by atoms with van der Waals surface area (Å²) in [6.45, 7) is 0. The number of hydrogen-bond acceptors (Lipinski definition) is 3. The zero-order chi connectivity index (χ0) is 10.3. The lowest BCUT2D eigenvalue weighted by molar-refractivity contribution is 0.461. The first-order valence-electron chi connectivity index (χ1n) is 4.66. The Balaban J connectivity index is 2.66. The summed E-state index contributed by atoms with van der Waals surface area (Å²) in [4.78, 5) is 0. The minimum absolute atomic E-state index is 0.185. The van der Waals surface area contributed by atoms with E-state index in [2.05, 4.69) is 0 Å². The summed E-state index contributed by atoms with van der Waals surface area (Å²) < 4.78 is 13.5. The first kappa shape index (κ1) is 9.27. The predicted molar refractivity (Wildman–Crippen MR) is 52.3 cm³/mol. The molecule has 1 aromatic rings. The highest BCUT2D eigenvalue weighted by molar-refractivity contribution is 5.62. The number of anilines is 1. The molecular formula is C10H13FN2O. The van der Waals surface area contributed by atoms with E-state index < -0.39 is 5.82 Å². The van der Waals surface area contributed by atoms with Gasteiger partial charge < -0.3 is 16.6 Å². The van der Waals surface area contributed by atoms with Gasteiger partial charge in [0, 0.05) is 17.7 Å². The molecule has 0 aromatic heterocycles. The zero-order valence-electron chi connectivity index (χ0n) is 7.76. The molecule has 1 aliphatic rings. The molecule has 14 heavy (non-hydrogen) atoms. The molecule has 0 spiro atoms. The van der Waals surface area contributed by atoms with Gasteiger partial charge in [0.2, 0.25) is 0 Å². The Morgan fingerprint density at radius 2 is 2.21 bits per heavy atom. The van der Waals surface area contributed by atoms with E-state index in [0.717, 1.165) is 18.9 Å². The molecule has 3 nitrogen and oxygen atoms in total. The van der Waals surface area contributed by atoms with Crippen LogP contribution in [0.1, 0.15) is 30.0 Å². The van der Waals surface area contributed by atoms with E-state index in [1.54, 1.807) is 0 Å². The van der Waals surface area contributed by atoms with E-state index in [9.17, 15) is 9.50 Å². The molecule has 0 fully saturated rings. The molecule has 0 saturated carbocycles. The van der Waals surface area contributed by atoms with E-state index in [-0.39, 0.29) is 17.5 Å². The second-order valence-corrected chi connectivity index (χ2v) is 3.68. The molecule has 5 N–H and O–H groups in total. The number of benzene rings is 1. The first-order valence-corrected chi connectivity index (χ1v) is 4.66. The van der Waals surface area contributed by atoms with Crippen LogP contribution in [0.25, 0.3) is 0 Å². The van der Waals surface area contributed by atoms with E-state index in [0.29, 0.717) is 17.5 Å². The van der Waals surface area contributed by atoms with Gasteiger partial charge in [0.1, 0.15) is 11.6 Å². The monoisotopic (exact) mass is 196 g/mol. The molecule has 0 saturated heterocycles. The zero-order valence-corrected chi connectivity index (χ0v) is 7.76. The summed E-state index contributed by atoms with van der Waals surface area (Å²) in [5.74, 6) is -0.630. The fraction of sp³-hybridized carbons (Fsp3) is 0.400. The SMILES string of the molecule is Nc1c(O)cc(F)c2c1CCC[C@H]2N. The number of nitrogen functional groups attached to an aromatic ring is 1. The minimum Gasteiger partial charge on any atom is -0.506 e. The number of aromatic hydroxyl groups is 1. The van der Waals surface area contributed by atoms with Crippen molar-refractivity contribution in [2.75, 3.05) is 5.73 Å². The average molecular weight is 196 g/mol. The fourth-order valence-electron chi connectivity index (χ4n) is 2.03. The molecule has 1 atom stereocenters. The Morgan fingerprint density at radius 1 is 1.50 bits per heavy atom. The Bertz CT molecular complexity index is 379. The Kier molecular flexibility index (Phi) is 2.07. The highest BCUT2D eigenvalue weighted by Crippen LogP contribution is 2.38. The number of rotatable bonds is 0. The predicted octanol–water partition coefficient (Wildman–Crippen LogP) is 1.45. The second kappa shape index (κ2) is 3.13. The third-order valence-corrected chi connectivity index (χ3v) is 2.76. The van der Waals surface area contributed by atoms with Crippen molar-refractivity contribution in [3.05, 3.63) is 23.0 Å². The average Bonchev–Trinajstić information content (AvgIpc) is 2.14. The standard InChI is InChI=1S/C10H13FN2O/c11-6-4-8(14)10(13)5-2-1-3-7(12)9(5)6/h4,7,14H,1-3,12-13H2/t7-/m1/s1. The van der Waals surface area contributed by atoms with Crippen molar-refractivity contribution in [1.82, 2.24) is 0 Å². The van der Waals surface area contributed by atoms with Gasteiger partial charge in [-0.2, -0.15) is 0 Å². The molecule has 1 aromatic carbocycles. The Morgan fingerprint density at radius 3 is 2.93 bits per heavy atom. The van der Waals surface area contributed by atoms with Crippen molar-refractivity contribution in [2.24, 2.45) is 5.73 Å². The van der Waals surface area contributed by atoms with Crippen LogP contribution in [0.2, 0.25) is 0 Å². The molecule has 0 amide bonds. The van der Waals surface area contributed by atoms with Crippen LogP contribution in [0, 0.1) is 5.82 Å². The maximum Gasteiger partial charge on any atom is 0.141 e. The summed E-state index contributed by atoms with van der Waals surface area (Å²) >= 11 is 0.